The Morgan fingerprint density at radius 3 is 2.67 bits per heavy atom. The Morgan fingerprint density at radius 1 is 1.23 bits per heavy atom. The molecule has 0 aliphatic carbocycles. The van der Waals surface area contributed by atoms with Gasteiger partial charge in [0.25, 0.3) is 0 Å². The minimum Gasteiger partial charge on any atom is -0.497 e. The molecule has 2 aromatic heterocycles. The molecular formula is C22H27ClN4O3. The molecule has 2 atom stereocenters. The average molecular weight is 431 g/mol. The van der Waals surface area contributed by atoms with E-state index in [0.29, 0.717) is 30.5 Å². The number of hydrogen-bond donors (Lipinski definition) is 0. The number of methoxy groups -OCH3 is 1. The second-order valence-electron chi connectivity index (χ2n) is 6.94. The van der Waals surface area contributed by atoms with E-state index in [0.717, 1.165) is 16.8 Å². The third-order valence-corrected chi connectivity index (χ3v) is 5.25. The van der Waals surface area contributed by atoms with Crippen LogP contribution in [-0.4, -0.2) is 45.2 Å². The molecule has 1 aliphatic heterocycles. The van der Waals surface area contributed by atoms with Gasteiger partial charge in [0.15, 0.2) is 5.15 Å². The van der Waals surface area contributed by atoms with Crippen molar-refractivity contribution in [3.05, 3.63) is 53.4 Å². The second kappa shape index (κ2) is 9.80. The van der Waals surface area contributed by atoms with Crippen LogP contribution in [0.1, 0.15) is 32.8 Å². The van der Waals surface area contributed by atoms with Gasteiger partial charge in [0.2, 0.25) is 11.8 Å². The highest BCUT2D eigenvalue weighted by atomic mass is 35.5. The van der Waals surface area contributed by atoms with Crippen molar-refractivity contribution in [1.29, 1.82) is 0 Å². The number of carbonyl (C=O) groups is 1. The zero-order valence-electron chi connectivity index (χ0n) is 17.7. The monoisotopic (exact) mass is 430 g/mol. The zero-order valence-corrected chi connectivity index (χ0v) is 18.5. The van der Waals surface area contributed by atoms with Gasteiger partial charge in [-0.3, -0.25) is 4.79 Å². The molecule has 0 N–H and O–H groups in total. The van der Waals surface area contributed by atoms with Crippen LogP contribution in [0.25, 0.3) is 5.52 Å². The summed E-state index contributed by atoms with van der Waals surface area (Å²) >= 11 is 6.06. The number of amides is 1. The highest BCUT2D eigenvalue weighted by molar-refractivity contribution is 6.29. The molecule has 0 saturated carbocycles. The first-order chi connectivity index (χ1) is 14.5. The van der Waals surface area contributed by atoms with Crippen molar-refractivity contribution in [2.24, 2.45) is 5.92 Å². The van der Waals surface area contributed by atoms with Gasteiger partial charge in [0.05, 0.1) is 19.5 Å². The molecule has 1 saturated heterocycles. The van der Waals surface area contributed by atoms with Crippen LogP contribution in [0.4, 0.5) is 0 Å². The number of ether oxygens (including phenoxy) is 2. The molecule has 7 nitrogen and oxygen atoms in total. The molecule has 3 aromatic rings. The van der Waals surface area contributed by atoms with Crippen LogP contribution >= 0.6 is 11.6 Å². The lowest BCUT2D eigenvalue weighted by molar-refractivity contribution is -0.128. The van der Waals surface area contributed by atoms with Crippen molar-refractivity contribution < 1.29 is 14.3 Å². The fourth-order valence-electron chi connectivity index (χ4n) is 3.45. The molecule has 1 aromatic carbocycles. The Hall–Kier alpha value is -2.80. The number of benzene rings is 1. The number of carbonyl (C=O) groups excluding carboxylic acids is 1. The maximum atomic E-state index is 12.5. The smallest absolute Gasteiger partial charge is 0.241 e. The summed E-state index contributed by atoms with van der Waals surface area (Å²) in [6.07, 6.45) is 3.56. The van der Waals surface area contributed by atoms with Gasteiger partial charge in [-0.2, -0.15) is 10.1 Å². The van der Waals surface area contributed by atoms with Crippen LogP contribution in [0, 0.1) is 5.92 Å². The Balaban J connectivity index is 0.00000124. The third-order valence-electron chi connectivity index (χ3n) is 5.06. The Kier molecular flexibility index (Phi) is 7.15. The van der Waals surface area contributed by atoms with Gasteiger partial charge in [-0.05, 0) is 30.7 Å². The second-order valence-corrected chi connectivity index (χ2v) is 7.33. The number of nitrogens with zero attached hydrogens (tertiary/aromatic N) is 4. The zero-order chi connectivity index (χ0) is 21.7. The van der Waals surface area contributed by atoms with Crippen molar-refractivity contribution in [3.63, 3.8) is 0 Å². The molecule has 1 aliphatic rings. The number of hydrogen-bond acceptors (Lipinski definition) is 5. The summed E-state index contributed by atoms with van der Waals surface area (Å²) in [5, 5.41) is 4.48. The summed E-state index contributed by atoms with van der Waals surface area (Å²) in [6.45, 7) is 7.18. The van der Waals surface area contributed by atoms with E-state index >= 15 is 0 Å². The molecule has 8 heteroatoms. The summed E-state index contributed by atoms with van der Waals surface area (Å²) < 4.78 is 12.9. The van der Waals surface area contributed by atoms with Crippen molar-refractivity contribution in [1.82, 2.24) is 19.5 Å². The van der Waals surface area contributed by atoms with Crippen LogP contribution < -0.4 is 9.47 Å². The Morgan fingerprint density at radius 2 is 1.97 bits per heavy atom. The third kappa shape index (κ3) is 4.84. The van der Waals surface area contributed by atoms with Gasteiger partial charge < -0.3 is 14.4 Å². The van der Waals surface area contributed by atoms with Gasteiger partial charge in [0.1, 0.15) is 17.4 Å². The predicted octanol–water partition coefficient (Wildman–Crippen LogP) is 4.23. The van der Waals surface area contributed by atoms with E-state index in [1.54, 1.807) is 24.0 Å². The van der Waals surface area contributed by atoms with Crippen LogP contribution in [0.2, 0.25) is 5.15 Å². The Labute approximate surface area is 181 Å². The SMILES string of the molecule is CC.COc1ccc(CN2CC(C(C)Oc3nc(Cl)cn4nccc34)CC2=O)cc1. The van der Waals surface area contributed by atoms with Gasteiger partial charge in [0, 0.05) is 25.4 Å². The number of rotatable bonds is 6. The van der Waals surface area contributed by atoms with Crippen LogP contribution in [0.5, 0.6) is 11.6 Å². The molecule has 0 spiro atoms. The van der Waals surface area contributed by atoms with Crippen LogP contribution in [0.15, 0.2) is 42.7 Å². The molecule has 160 valence electrons. The Bertz CT molecular complexity index is 990. The number of fused-ring (bicyclic) bond motifs is 1. The van der Waals surface area contributed by atoms with Gasteiger partial charge >= 0.3 is 0 Å². The summed E-state index contributed by atoms with van der Waals surface area (Å²) in [5.74, 6) is 1.44. The fourth-order valence-corrected chi connectivity index (χ4v) is 3.62. The van der Waals surface area contributed by atoms with E-state index in [4.69, 9.17) is 21.1 Å². The first-order valence-corrected chi connectivity index (χ1v) is 10.5. The van der Waals surface area contributed by atoms with Crippen molar-refractivity contribution in [3.8, 4) is 11.6 Å². The van der Waals surface area contributed by atoms with Gasteiger partial charge in [-0.1, -0.05) is 37.6 Å². The molecule has 1 amide bonds. The first kappa shape index (κ1) is 21.9. The number of likely N-dealkylation sites (tertiary alicyclic amines) is 1. The van der Waals surface area contributed by atoms with E-state index in [-0.39, 0.29) is 17.9 Å². The molecule has 0 radical (unpaired) electrons. The van der Waals surface area contributed by atoms with Gasteiger partial charge in [-0.25, -0.2) is 4.52 Å². The lowest BCUT2D eigenvalue weighted by Gasteiger charge is -2.21. The topological polar surface area (TPSA) is 69.0 Å². The molecule has 30 heavy (non-hydrogen) atoms. The van der Waals surface area contributed by atoms with E-state index in [1.165, 1.54) is 0 Å². The maximum absolute atomic E-state index is 12.5. The van der Waals surface area contributed by atoms with Crippen molar-refractivity contribution in [2.75, 3.05) is 13.7 Å². The highest BCUT2D eigenvalue weighted by Gasteiger charge is 2.34. The lowest BCUT2D eigenvalue weighted by atomic mass is 10.0. The molecule has 2 unspecified atom stereocenters. The summed E-state index contributed by atoms with van der Waals surface area (Å²) in [5.41, 5.74) is 1.82. The van der Waals surface area contributed by atoms with E-state index in [2.05, 4.69) is 10.1 Å². The van der Waals surface area contributed by atoms with E-state index in [1.807, 2.05) is 56.0 Å². The molecule has 4 rings (SSSR count). The largest absolute Gasteiger partial charge is 0.497 e. The molecular weight excluding hydrogens is 404 g/mol. The first-order valence-electron chi connectivity index (χ1n) is 10.1. The van der Waals surface area contributed by atoms with E-state index < -0.39 is 0 Å². The normalized spacial score (nSPS) is 16.9. The minimum atomic E-state index is -0.186. The quantitative estimate of drug-likeness (QED) is 0.585. The highest BCUT2D eigenvalue weighted by Crippen LogP contribution is 2.28. The lowest BCUT2D eigenvalue weighted by Crippen LogP contribution is -2.28. The molecule has 1 fully saturated rings. The predicted molar refractivity (Wildman–Crippen MR) is 116 cm³/mol. The van der Waals surface area contributed by atoms with Crippen molar-refractivity contribution >= 4 is 23.0 Å². The standard InChI is InChI=1S/C20H21ClN4O3.C2H6/c1-13(28-20-17-7-8-22-25(17)12-18(21)23-20)15-9-19(26)24(11-15)10-14-3-5-16(27-2)6-4-14;1-2/h3-8,12-13,15H,9-11H2,1-2H3;1-2H3. The van der Waals surface area contributed by atoms with Crippen molar-refractivity contribution in [2.45, 2.75) is 39.8 Å². The molecule has 3 heterocycles. The van der Waals surface area contributed by atoms with Gasteiger partial charge in [-0.15, -0.1) is 0 Å². The minimum absolute atomic E-state index is 0.0782. The number of aromatic nitrogens is 3. The maximum Gasteiger partial charge on any atom is 0.241 e. The summed E-state index contributed by atoms with van der Waals surface area (Å²) in [6, 6.07) is 9.58. The average Bonchev–Trinajstić information content (AvgIpc) is 3.37. The van der Waals surface area contributed by atoms with Crippen LogP contribution in [0.3, 0.4) is 0 Å². The summed E-state index contributed by atoms with van der Waals surface area (Å²) in [7, 11) is 1.64. The van der Waals surface area contributed by atoms with E-state index in [9.17, 15) is 4.79 Å². The number of halogens is 1. The fraction of sp³-hybridized carbons (Fsp3) is 0.409. The molecule has 0 bridgehead atoms. The van der Waals surface area contributed by atoms with Crippen LogP contribution in [-0.2, 0) is 11.3 Å². The summed E-state index contributed by atoms with van der Waals surface area (Å²) in [4.78, 5) is 18.6.